The summed E-state index contributed by atoms with van der Waals surface area (Å²) in [6, 6.07) is 11.8. The topological polar surface area (TPSA) is 26.3 Å². The standard InChI is InChI=1S/C16H18O2S/c1-2-18-16(14-6-4-3-5-7-14)15(17)9-8-13-10-11-19-12-13/h3-7,10-12,16H,2,8-9H2,1H3. The molecule has 2 aromatic rings. The molecule has 1 aromatic heterocycles. The van der Waals surface area contributed by atoms with Crippen molar-refractivity contribution in [2.24, 2.45) is 0 Å². The van der Waals surface area contributed by atoms with Crippen LogP contribution in [0.3, 0.4) is 0 Å². The molecule has 1 aromatic carbocycles. The van der Waals surface area contributed by atoms with Crippen LogP contribution in [0.5, 0.6) is 0 Å². The van der Waals surface area contributed by atoms with Gasteiger partial charge in [0.15, 0.2) is 5.78 Å². The van der Waals surface area contributed by atoms with E-state index in [9.17, 15) is 4.79 Å². The normalized spacial score (nSPS) is 12.3. The van der Waals surface area contributed by atoms with E-state index in [-0.39, 0.29) is 5.78 Å². The molecule has 19 heavy (non-hydrogen) atoms. The van der Waals surface area contributed by atoms with Crippen LogP contribution in [0.2, 0.25) is 0 Å². The minimum Gasteiger partial charge on any atom is -0.366 e. The monoisotopic (exact) mass is 274 g/mol. The third-order valence-corrected chi connectivity index (χ3v) is 3.70. The van der Waals surface area contributed by atoms with Crippen LogP contribution in [0, 0.1) is 0 Å². The zero-order chi connectivity index (χ0) is 13.5. The lowest BCUT2D eigenvalue weighted by Crippen LogP contribution is -2.16. The van der Waals surface area contributed by atoms with Crippen molar-refractivity contribution in [1.82, 2.24) is 0 Å². The highest BCUT2D eigenvalue weighted by atomic mass is 32.1. The molecular weight excluding hydrogens is 256 g/mol. The second kappa shape index (κ2) is 7.22. The number of ketones is 1. The summed E-state index contributed by atoms with van der Waals surface area (Å²) in [5.41, 5.74) is 2.17. The van der Waals surface area contributed by atoms with Crippen LogP contribution < -0.4 is 0 Å². The van der Waals surface area contributed by atoms with Gasteiger partial charge < -0.3 is 4.74 Å². The highest BCUT2D eigenvalue weighted by Crippen LogP contribution is 2.21. The molecule has 0 spiro atoms. The van der Waals surface area contributed by atoms with Crippen molar-refractivity contribution in [3.05, 3.63) is 58.3 Å². The number of carbonyl (C=O) groups is 1. The van der Waals surface area contributed by atoms with Crippen LogP contribution >= 0.6 is 11.3 Å². The van der Waals surface area contributed by atoms with Crippen molar-refractivity contribution in [2.45, 2.75) is 25.9 Å². The summed E-state index contributed by atoms with van der Waals surface area (Å²) in [5.74, 6) is 0.152. The van der Waals surface area contributed by atoms with Crippen LogP contribution in [0.15, 0.2) is 47.2 Å². The molecule has 1 atom stereocenters. The lowest BCUT2D eigenvalue weighted by molar-refractivity contribution is -0.130. The first-order valence-electron chi connectivity index (χ1n) is 6.51. The number of Topliss-reactive ketones (excluding diaryl/α,β-unsaturated/α-hetero) is 1. The number of hydrogen-bond donors (Lipinski definition) is 0. The van der Waals surface area contributed by atoms with Gasteiger partial charge in [0.05, 0.1) is 0 Å². The molecule has 0 saturated carbocycles. The molecular formula is C16H18O2S. The summed E-state index contributed by atoms with van der Waals surface area (Å²) in [6.07, 6.45) is 0.888. The lowest BCUT2D eigenvalue weighted by Gasteiger charge is -2.16. The third-order valence-electron chi connectivity index (χ3n) is 2.97. The average Bonchev–Trinajstić information content (AvgIpc) is 2.96. The van der Waals surface area contributed by atoms with Gasteiger partial charge in [-0.1, -0.05) is 30.3 Å². The van der Waals surface area contributed by atoms with Gasteiger partial charge in [-0.25, -0.2) is 0 Å². The fourth-order valence-electron chi connectivity index (χ4n) is 2.00. The summed E-state index contributed by atoms with van der Waals surface area (Å²) in [6.45, 7) is 2.46. The van der Waals surface area contributed by atoms with E-state index in [4.69, 9.17) is 4.74 Å². The Morgan fingerprint density at radius 3 is 2.68 bits per heavy atom. The number of benzene rings is 1. The van der Waals surface area contributed by atoms with Crippen molar-refractivity contribution >= 4 is 17.1 Å². The van der Waals surface area contributed by atoms with Crippen molar-refractivity contribution in [1.29, 1.82) is 0 Å². The van der Waals surface area contributed by atoms with Crippen LogP contribution in [0.1, 0.15) is 30.6 Å². The highest BCUT2D eigenvalue weighted by molar-refractivity contribution is 7.07. The van der Waals surface area contributed by atoms with Crippen LogP contribution in [0.4, 0.5) is 0 Å². The predicted octanol–water partition coefficient (Wildman–Crippen LogP) is 4.03. The van der Waals surface area contributed by atoms with E-state index < -0.39 is 6.10 Å². The SMILES string of the molecule is CCOC(C(=O)CCc1ccsc1)c1ccccc1. The summed E-state index contributed by atoms with van der Waals surface area (Å²) in [7, 11) is 0. The summed E-state index contributed by atoms with van der Waals surface area (Å²) < 4.78 is 5.61. The fraction of sp³-hybridized carbons (Fsp3) is 0.312. The first-order valence-corrected chi connectivity index (χ1v) is 7.46. The van der Waals surface area contributed by atoms with Gasteiger partial charge in [0.2, 0.25) is 0 Å². The van der Waals surface area contributed by atoms with Crippen molar-refractivity contribution < 1.29 is 9.53 Å². The largest absolute Gasteiger partial charge is 0.366 e. The number of ether oxygens (including phenoxy) is 1. The van der Waals surface area contributed by atoms with E-state index in [1.807, 2.05) is 42.6 Å². The Hall–Kier alpha value is -1.45. The molecule has 0 saturated heterocycles. The molecule has 0 radical (unpaired) electrons. The molecule has 2 nitrogen and oxygen atoms in total. The molecule has 0 N–H and O–H groups in total. The first kappa shape index (κ1) is 14.0. The zero-order valence-electron chi connectivity index (χ0n) is 11.0. The van der Waals surface area contributed by atoms with E-state index in [1.165, 1.54) is 5.56 Å². The van der Waals surface area contributed by atoms with Gasteiger partial charge in [-0.05, 0) is 41.3 Å². The molecule has 0 fully saturated rings. The number of aryl methyl sites for hydroxylation is 1. The number of carbonyl (C=O) groups excluding carboxylic acids is 1. The Labute approximate surface area is 118 Å². The van der Waals surface area contributed by atoms with Crippen molar-refractivity contribution in [3.63, 3.8) is 0 Å². The Bertz CT molecular complexity index is 491. The molecule has 100 valence electrons. The second-order valence-corrected chi connectivity index (χ2v) is 5.12. The molecule has 0 aliphatic carbocycles. The van der Waals surface area contributed by atoms with Gasteiger partial charge >= 0.3 is 0 Å². The summed E-state index contributed by atoms with van der Waals surface area (Å²) in [5, 5.41) is 4.13. The van der Waals surface area contributed by atoms with Crippen molar-refractivity contribution in [2.75, 3.05) is 6.61 Å². The first-order chi connectivity index (χ1) is 9.31. The Balaban J connectivity index is 2.00. The number of hydrogen-bond acceptors (Lipinski definition) is 3. The summed E-state index contributed by atoms with van der Waals surface area (Å²) in [4.78, 5) is 12.3. The maximum atomic E-state index is 12.3. The smallest absolute Gasteiger partial charge is 0.166 e. The molecule has 2 rings (SSSR count). The third kappa shape index (κ3) is 4.01. The van der Waals surface area contributed by atoms with Crippen LogP contribution in [-0.4, -0.2) is 12.4 Å². The minimum atomic E-state index is -0.426. The quantitative estimate of drug-likeness (QED) is 0.762. The molecule has 1 heterocycles. The fourth-order valence-corrected chi connectivity index (χ4v) is 2.71. The summed E-state index contributed by atoms with van der Waals surface area (Å²) >= 11 is 1.66. The van der Waals surface area contributed by atoms with Gasteiger partial charge in [-0.3, -0.25) is 4.79 Å². The lowest BCUT2D eigenvalue weighted by atomic mass is 10.0. The predicted molar refractivity (Wildman–Crippen MR) is 78.5 cm³/mol. The van der Waals surface area contributed by atoms with E-state index in [0.29, 0.717) is 13.0 Å². The Morgan fingerprint density at radius 1 is 1.26 bits per heavy atom. The molecule has 0 aliphatic heterocycles. The molecule has 1 unspecified atom stereocenters. The van der Waals surface area contributed by atoms with Crippen LogP contribution in [0.25, 0.3) is 0 Å². The van der Waals surface area contributed by atoms with Crippen molar-refractivity contribution in [3.8, 4) is 0 Å². The molecule has 0 bridgehead atoms. The van der Waals surface area contributed by atoms with E-state index in [1.54, 1.807) is 11.3 Å². The molecule has 0 aliphatic rings. The van der Waals surface area contributed by atoms with E-state index in [2.05, 4.69) is 11.4 Å². The molecule has 3 heteroatoms. The van der Waals surface area contributed by atoms with Crippen LogP contribution in [-0.2, 0) is 16.0 Å². The maximum absolute atomic E-state index is 12.3. The van der Waals surface area contributed by atoms with Gasteiger partial charge in [0, 0.05) is 13.0 Å². The van der Waals surface area contributed by atoms with E-state index >= 15 is 0 Å². The van der Waals surface area contributed by atoms with Gasteiger partial charge in [-0.2, -0.15) is 11.3 Å². The van der Waals surface area contributed by atoms with Gasteiger partial charge in [0.25, 0.3) is 0 Å². The van der Waals surface area contributed by atoms with Gasteiger partial charge in [0.1, 0.15) is 6.10 Å². The average molecular weight is 274 g/mol. The van der Waals surface area contributed by atoms with E-state index in [0.717, 1.165) is 12.0 Å². The Kier molecular flexibility index (Phi) is 5.31. The Morgan fingerprint density at radius 2 is 2.05 bits per heavy atom. The number of thiophene rings is 1. The maximum Gasteiger partial charge on any atom is 0.166 e. The van der Waals surface area contributed by atoms with Gasteiger partial charge in [-0.15, -0.1) is 0 Å². The molecule has 0 amide bonds. The second-order valence-electron chi connectivity index (χ2n) is 4.34. The zero-order valence-corrected chi connectivity index (χ0v) is 11.9. The minimum absolute atomic E-state index is 0.152. The highest BCUT2D eigenvalue weighted by Gasteiger charge is 2.20. The number of rotatable bonds is 7.